The molecular weight excluding hydrogens is 194 g/mol. The summed E-state index contributed by atoms with van der Waals surface area (Å²) >= 11 is 0. The number of imide groups is 1. The molecule has 15 heavy (non-hydrogen) atoms. The maximum Gasteiger partial charge on any atom is 0.328 e. The second kappa shape index (κ2) is 3.68. The minimum atomic E-state index is -0.373. The van der Waals surface area contributed by atoms with E-state index < -0.39 is 0 Å². The van der Waals surface area contributed by atoms with Crippen molar-refractivity contribution in [2.45, 2.75) is 13.3 Å². The van der Waals surface area contributed by atoms with Crippen LogP contribution in [-0.2, 0) is 4.79 Å². The number of nitrogens with one attached hydrogen (secondary N) is 1. The minimum Gasteiger partial charge on any atom is -0.337 e. The van der Waals surface area contributed by atoms with Crippen LogP contribution in [0.15, 0.2) is 18.5 Å². The molecule has 0 saturated carbocycles. The quantitative estimate of drug-likeness (QED) is 0.738. The Bertz CT molecular complexity index is 401. The van der Waals surface area contributed by atoms with Crippen LogP contribution in [0, 0.1) is 6.92 Å². The number of hydrogen-bond donors (Lipinski definition) is 1. The average molecular weight is 205 g/mol. The monoisotopic (exact) mass is 205 g/mol. The lowest BCUT2D eigenvalue weighted by Gasteiger charge is -2.26. The predicted molar refractivity (Wildman–Crippen MR) is 54.5 cm³/mol. The Morgan fingerprint density at radius 2 is 2.27 bits per heavy atom. The van der Waals surface area contributed by atoms with Crippen LogP contribution in [0.25, 0.3) is 0 Å². The zero-order valence-electron chi connectivity index (χ0n) is 8.36. The molecule has 0 radical (unpaired) electrons. The lowest BCUT2D eigenvalue weighted by atomic mass is 10.2. The molecule has 78 valence electrons. The van der Waals surface area contributed by atoms with Crippen LogP contribution in [0.4, 0.5) is 10.5 Å². The lowest BCUT2D eigenvalue weighted by Crippen LogP contribution is -2.50. The van der Waals surface area contributed by atoms with E-state index in [1.165, 1.54) is 6.20 Å². The number of pyridine rings is 1. The van der Waals surface area contributed by atoms with Crippen LogP contribution in [0.1, 0.15) is 12.0 Å². The third kappa shape index (κ3) is 1.68. The molecule has 3 amide bonds. The molecule has 1 saturated heterocycles. The standard InChI is InChI=1S/C10H11N3O2/c1-7-2-4-11-6-8(7)13-9(14)3-5-12-10(13)15/h2,4,6H,3,5H2,1H3,(H,12,15). The molecule has 0 aliphatic carbocycles. The van der Waals surface area contributed by atoms with Gasteiger partial charge in [0.25, 0.3) is 0 Å². The fraction of sp³-hybridized carbons (Fsp3) is 0.300. The van der Waals surface area contributed by atoms with Crippen molar-refractivity contribution >= 4 is 17.6 Å². The van der Waals surface area contributed by atoms with Gasteiger partial charge in [-0.3, -0.25) is 9.78 Å². The van der Waals surface area contributed by atoms with Crippen molar-refractivity contribution < 1.29 is 9.59 Å². The molecule has 1 aromatic rings. The average Bonchev–Trinajstić information content (AvgIpc) is 2.20. The highest BCUT2D eigenvalue weighted by Crippen LogP contribution is 2.20. The molecule has 0 aromatic carbocycles. The summed E-state index contributed by atoms with van der Waals surface area (Å²) in [4.78, 5) is 28.2. The second-order valence-corrected chi connectivity index (χ2v) is 3.37. The Labute approximate surface area is 87.1 Å². The summed E-state index contributed by atoms with van der Waals surface area (Å²) in [5.74, 6) is -0.185. The van der Waals surface area contributed by atoms with Crippen molar-refractivity contribution in [3.8, 4) is 0 Å². The van der Waals surface area contributed by atoms with Crippen molar-refractivity contribution in [2.75, 3.05) is 11.4 Å². The summed E-state index contributed by atoms with van der Waals surface area (Å²) in [5, 5.41) is 2.63. The number of anilines is 1. The van der Waals surface area contributed by atoms with Gasteiger partial charge in [-0.15, -0.1) is 0 Å². The molecule has 2 rings (SSSR count). The number of aromatic nitrogens is 1. The maximum atomic E-state index is 11.6. The van der Waals surface area contributed by atoms with Gasteiger partial charge in [0.15, 0.2) is 0 Å². The highest BCUT2D eigenvalue weighted by Gasteiger charge is 2.28. The van der Waals surface area contributed by atoms with Gasteiger partial charge in [0.2, 0.25) is 5.91 Å². The van der Waals surface area contributed by atoms with E-state index in [0.29, 0.717) is 18.7 Å². The molecule has 1 N–H and O–H groups in total. The minimum absolute atomic E-state index is 0.185. The fourth-order valence-electron chi connectivity index (χ4n) is 1.51. The Hall–Kier alpha value is -1.91. The fourth-order valence-corrected chi connectivity index (χ4v) is 1.51. The number of nitrogens with zero attached hydrogens (tertiary/aromatic N) is 2. The zero-order chi connectivity index (χ0) is 10.8. The molecule has 5 heteroatoms. The van der Waals surface area contributed by atoms with E-state index in [-0.39, 0.29) is 11.9 Å². The van der Waals surface area contributed by atoms with Gasteiger partial charge in [0, 0.05) is 19.2 Å². The first kappa shape index (κ1) is 9.64. The molecule has 0 bridgehead atoms. The number of urea groups is 1. The number of hydrogen-bond acceptors (Lipinski definition) is 3. The summed E-state index contributed by atoms with van der Waals surface area (Å²) in [5.41, 5.74) is 1.41. The molecule has 2 heterocycles. The van der Waals surface area contributed by atoms with E-state index in [0.717, 1.165) is 10.5 Å². The topological polar surface area (TPSA) is 62.3 Å². The van der Waals surface area contributed by atoms with Crippen molar-refractivity contribution in [2.24, 2.45) is 0 Å². The summed E-state index contributed by atoms with van der Waals surface area (Å²) in [7, 11) is 0. The predicted octanol–water partition coefficient (Wildman–Crippen LogP) is 0.836. The van der Waals surface area contributed by atoms with Crippen LogP contribution >= 0.6 is 0 Å². The third-order valence-electron chi connectivity index (χ3n) is 2.32. The van der Waals surface area contributed by atoms with E-state index in [4.69, 9.17) is 0 Å². The van der Waals surface area contributed by atoms with Crippen LogP contribution in [0.5, 0.6) is 0 Å². The highest BCUT2D eigenvalue weighted by atomic mass is 16.2. The Morgan fingerprint density at radius 3 is 2.93 bits per heavy atom. The van der Waals surface area contributed by atoms with Gasteiger partial charge in [-0.25, -0.2) is 9.69 Å². The number of rotatable bonds is 1. The van der Waals surface area contributed by atoms with Crippen molar-refractivity contribution in [1.29, 1.82) is 0 Å². The summed E-state index contributed by atoms with van der Waals surface area (Å²) in [6.45, 7) is 2.25. The second-order valence-electron chi connectivity index (χ2n) is 3.37. The van der Waals surface area contributed by atoms with Crippen molar-refractivity contribution in [3.05, 3.63) is 24.0 Å². The van der Waals surface area contributed by atoms with Crippen molar-refractivity contribution in [3.63, 3.8) is 0 Å². The highest BCUT2D eigenvalue weighted by molar-refractivity contribution is 6.16. The molecule has 1 aliphatic heterocycles. The third-order valence-corrected chi connectivity index (χ3v) is 2.32. The number of carbonyl (C=O) groups excluding carboxylic acids is 2. The van der Waals surface area contributed by atoms with Gasteiger partial charge in [-0.2, -0.15) is 0 Å². The van der Waals surface area contributed by atoms with Gasteiger partial charge in [0.1, 0.15) is 0 Å². The normalized spacial score (nSPS) is 16.5. The Morgan fingerprint density at radius 1 is 1.47 bits per heavy atom. The SMILES string of the molecule is Cc1ccncc1N1C(=O)CCNC1=O. The van der Waals surface area contributed by atoms with Crippen molar-refractivity contribution in [1.82, 2.24) is 10.3 Å². The van der Waals surface area contributed by atoms with Gasteiger partial charge in [-0.05, 0) is 18.6 Å². The van der Waals surface area contributed by atoms with Crippen LogP contribution in [0.2, 0.25) is 0 Å². The zero-order valence-corrected chi connectivity index (χ0v) is 8.36. The Kier molecular flexibility index (Phi) is 2.37. The molecular formula is C10H11N3O2. The van der Waals surface area contributed by atoms with Gasteiger partial charge < -0.3 is 5.32 Å². The van der Waals surface area contributed by atoms with Gasteiger partial charge >= 0.3 is 6.03 Å². The smallest absolute Gasteiger partial charge is 0.328 e. The van der Waals surface area contributed by atoms with Crippen LogP contribution < -0.4 is 10.2 Å². The van der Waals surface area contributed by atoms with Gasteiger partial charge in [-0.1, -0.05) is 0 Å². The molecule has 0 spiro atoms. The summed E-state index contributed by atoms with van der Waals surface area (Å²) < 4.78 is 0. The summed E-state index contributed by atoms with van der Waals surface area (Å²) in [6.07, 6.45) is 3.49. The number of carbonyl (C=O) groups is 2. The van der Waals surface area contributed by atoms with E-state index in [2.05, 4.69) is 10.3 Å². The van der Waals surface area contributed by atoms with E-state index in [1.807, 2.05) is 6.92 Å². The van der Waals surface area contributed by atoms with Crippen LogP contribution in [-0.4, -0.2) is 23.5 Å². The molecule has 5 nitrogen and oxygen atoms in total. The molecule has 1 fully saturated rings. The first-order chi connectivity index (χ1) is 7.20. The largest absolute Gasteiger partial charge is 0.337 e. The maximum absolute atomic E-state index is 11.6. The van der Waals surface area contributed by atoms with Crippen LogP contribution in [0.3, 0.4) is 0 Å². The van der Waals surface area contributed by atoms with E-state index >= 15 is 0 Å². The van der Waals surface area contributed by atoms with Gasteiger partial charge in [0.05, 0.1) is 11.9 Å². The first-order valence-corrected chi connectivity index (χ1v) is 4.71. The number of amides is 3. The molecule has 0 atom stereocenters. The molecule has 1 aromatic heterocycles. The molecule has 0 unspecified atom stereocenters. The molecule has 1 aliphatic rings. The Balaban J connectivity index is 2.40. The first-order valence-electron chi connectivity index (χ1n) is 4.71. The summed E-state index contributed by atoms with van der Waals surface area (Å²) in [6, 6.07) is 1.40. The van der Waals surface area contributed by atoms with E-state index in [9.17, 15) is 9.59 Å². The lowest BCUT2D eigenvalue weighted by molar-refractivity contribution is -0.118. The van der Waals surface area contributed by atoms with E-state index in [1.54, 1.807) is 12.3 Å². The number of aryl methyl sites for hydroxylation is 1.